The van der Waals surface area contributed by atoms with Crippen LogP contribution in [0.5, 0.6) is 11.5 Å². The molecule has 1 aromatic rings. The maximum atomic E-state index is 11.5. The maximum Gasteiger partial charge on any atom is 0.231 e. The second-order valence-electron chi connectivity index (χ2n) is 3.28. The van der Waals surface area contributed by atoms with Crippen molar-refractivity contribution in [2.75, 3.05) is 6.79 Å². The van der Waals surface area contributed by atoms with Gasteiger partial charge in [-0.3, -0.25) is 4.79 Å². The summed E-state index contributed by atoms with van der Waals surface area (Å²) in [6.45, 7) is 2.00. The van der Waals surface area contributed by atoms with E-state index in [1.807, 2.05) is 13.0 Å². The van der Waals surface area contributed by atoms with E-state index in [9.17, 15) is 4.79 Å². The summed E-state index contributed by atoms with van der Waals surface area (Å²) in [5, 5.41) is 8.46. The fraction of sp³-hybridized carbons (Fsp3) is 0.273. The lowest BCUT2D eigenvalue weighted by atomic mass is 10.0. The van der Waals surface area contributed by atoms with Crippen molar-refractivity contribution in [3.63, 3.8) is 0 Å². The topological polar surface area (TPSA) is 59.3 Å². The van der Waals surface area contributed by atoms with E-state index in [2.05, 4.69) is 0 Å². The van der Waals surface area contributed by atoms with Crippen molar-refractivity contribution in [2.45, 2.75) is 13.3 Å². The van der Waals surface area contributed by atoms with Crippen LogP contribution in [0.25, 0.3) is 0 Å². The molecule has 0 aliphatic carbocycles. The van der Waals surface area contributed by atoms with Crippen molar-refractivity contribution in [3.05, 3.63) is 23.3 Å². The van der Waals surface area contributed by atoms with Gasteiger partial charge in [0.1, 0.15) is 0 Å². The van der Waals surface area contributed by atoms with E-state index >= 15 is 0 Å². The molecule has 0 unspecified atom stereocenters. The zero-order valence-electron chi connectivity index (χ0n) is 8.24. The summed E-state index contributed by atoms with van der Waals surface area (Å²) < 4.78 is 10.3. The van der Waals surface area contributed by atoms with E-state index in [-0.39, 0.29) is 19.0 Å². The fourth-order valence-corrected chi connectivity index (χ4v) is 1.51. The lowest BCUT2D eigenvalue weighted by molar-refractivity contribution is 0.0996. The molecule has 0 saturated carbocycles. The average molecular weight is 203 g/mol. The summed E-state index contributed by atoms with van der Waals surface area (Å²) in [5.41, 5.74) is 1.33. The lowest BCUT2D eigenvalue weighted by Gasteiger charge is -2.04. The van der Waals surface area contributed by atoms with Crippen LogP contribution < -0.4 is 9.47 Å². The van der Waals surface area contributed by atoms with Gasteiger partial charge in [-0.25, -0.2) is 0 Å². The third-order valence-corrected chi connectivity index (χ3v) is 2.26. The molecule has 0 atom stereocenters. The molecule has 0 spiro atoms. The zero-order chi connectivity index (χ0) is 10.8. The molecular weight excluding hydrogens is 194 g/mol. The highest BCUT2D eigenvalue weighted by Gasteiger charge is 2.18. The average Bonchev–Trinajstić information content (AvgIpc) is 2.63. The number of carbonyl (C=O) groups excluding carboxylic acids is 1. The van der Waals surface area contributed by atoms with Crippen molar-refractivity contribution in [1.82, 2.24) is 0 Å². The smallest absolute Gasteiger partial charge is 0.231 e. The minimum atomic E-state index is -0.187. The molecular formula is C11H9NO3. The van der Waals surface area contributed by atoms with Gasteiger partial charge in [0.15, 0.2) is 17.3 Å². The van der Waals surface area contributed by atoms with Gasteiger partial charge in [0.2, 0.25) is 6.79 Å². The Morgan fingerprint density at radius 2 is 2.13 bits per heavy atom. The SMILES string of the molecule is Cc1cc2c(cc1C(=O)CC#N)OCO2. The molecule has 1 heterocycles. The summed E-state index contributed by atoms with van der Waals surface area (Å²) in [6.07, 6.45) is -0.111. The normalized spacial score (nSPS) is 12.3. The molecule has 15 heavy (non-hydrogen) atoms. The van der Waals surface area contributed by atoms with Crippen LogP contribution in [-0.2, 0) is 0 Å². The highest BCUT2D eigenvalue weighted by Crippen LogP contribution is 2.34. The number of aryl methyl sites for hydroxylation is 1. The summed E-state index contributed by atoms with van der Waals surface area (Å²) in [7, 11) is 0. The molecule has 0 N–H and O–H groups in total. The van der Waals surface area contributed by atoms with Crippen LogP contribution in [-0.4, -0.2) is 12.6 Å². The number of carbonyl (C=O) groups is 1. The number of ether oxygens (including phenoxy) is 2. The standard InChI is InChI=1S/C11H9NO3/c1-7-4-10-11(15-6-14-10)5-8(7)9(13)2-3-12/h4-5H,2,6H2,1H3. The zero-order valence-corrected chi connectivity index (χ0v) is 8.24. The first-order valence-corrected chi connectivity index (χ1v) is 4.53. The third kappa shape index (κ3) is 1.64. The first kappa shape index (κ1) is 9.53. The number of nitrogens with zero attached hydrogens (tertiary/aromatic N) is 1. The van der Waals surface area contributed by atoms with E-state index in [1.165, 1.54) is 0 Å². The Labute approximate surface area is 87.0 Å². The maximum absolute atomic E-state index is 11.5. The molecule has 2 rings (SSSR count). The van der Waals surface area contributed by atoms with E-state index in [1.54, 1.807) is 12.1 Å². The number of nitriles is 1. The predicted molar refractivity (Wildman–Crippen MR) is 51.9 cm³/mol. The van der Waals surface area contributed by atoms with Gasteiger partial charge in [-0.1, -0.05) is 0 Å². The lowest BCUT2D eigenvalue weighted by Crippen LogP contribution is -2.00. The molecule has 1 aliphatic heterocycles. The van der Waals surface area contributed by atoms with Crippen molar-refractivity contribution < 1.29 is 14.3 Å². The van der Waals surface area contributed by atoms with Gasteiger partial charge in [0.05, 0.1) is 12.5 Å². The largest absolute Gasteiger partial charge is 0.454 e. The molecule has 4 nitrogen and oxygen atoms in total. The molecule has 0 fully saturated rings. The monoisotopic (exact) mass is 203 g/mol. The number of fused-ring (bicyclic) bond motifs is 1. The van der Waals surface area contributed by atoms with Gasteiger partial charge in [-0.2, -0.15) is 5.26 Å². The highest BCUT2D eigenvalue weighted by molar-refractivity contribution is 5.99. The molecule has 0 aromatic heterocycles. The van der Waals surface area contributed by atoms with Gasteiger partial charge in [-0.05, 0) is 24.6 Å². The van der Waals surface area contributed by atoms with Crippen LogP contribution >= 0.6 is 0 Å². The Bertz CT molecular complexity index is 460. The van der Waals surface area contributed by atoms with Gasteiger partial charge >= 0.3 is 0 Å². The molecule has 76 valence electrons. The second-order valence-corrected chi connectivity index (χ2v) is 3.28. The number of benzene rings is 1. The Balaban J connectivity index is 2.41. The quantitative estimate of drug-likeness (QED) is 0.688. The van der Waals surface area contributed by atoms with Gasteiger partial charge < -0.3 is 9.47 Å². The molecule has 1 aromatic carbocycles. The van der Waals surface area contributed by atoms with Crippen LogP contribution in [0.3, 0.4) is 0 Å². The van der Waals surface area contributed by atoms with E-state index in [0.29, 0.717) is 17.1 Å². The summed E-state index contributed by atoms with van der Waals surface area (Å²) in [6, 6.07) is 5.23. The molecule has 0 bridgehead atoms. The molecule has 1 aliphatic rings. The number of hydrogen-bond donors (Lipinski definition) is 0. The Kier molecular flexibility index (Phi) is 2.30. The number of rotatable bonds is 2. The van der Waals surface area contributed by atoms with Crippen LogP contribution in [0.2, 0.25) is 0 Å². The van der Waals surface area contributed by atoms with Gasteiger partial charge in [0, 0.05) is 5.56 Å². The van der Waals surface area contributed by atoms with E-state index in [4.69, 9.17) is 14.7 Å². The summed E-state index contributed by atoms with van der Waals surface area (Å²) >= 11 is 0. The Hall–Kier alpha value is -2.02. The van der Waals surface area contributed by atoms with Crippen LogP contribution in [0.4, 0.5) is 0 Å². The third-order valence-electron chi connectivity index (χ3n) is 2.26. The van der Waals surface area contributed by atoms with E-state index < -0.39 is 0 Å². The summed E-state index contributed by atoms with van der Waals surface area (Å²) in [5.74, 6) is 1.04. The van der Waals surface area contributed by atoms with Crippen LogP contribution in [0, 0.1) is 18.3 Å². The van der Waals surface area contributed by atoms with Crippen molar-refractivity contribution in [3.8, 4) is 17.6 Å². The first-order chi connectivity index (χ1) is 7.22. The van der Waals surface area contributed by atoms with E-state index in [0.717, 1.165) is 5.56 Å². The van der Waals surface area contributed by atoms with Crippen molar-refractivity contribution >= 4 is 5.78 Å². The fourth-order valence-electron chi connectivity index (χ4n) is 1.51. The predicted octanol–water partition coefficient (Wildman–Crippen LogP) is 1.82. The highest BCUT2D eigenvalue weighted by atomic mass is 16.7. The Morgan fingerprint density at radius 3 is 2.80 bits per heavy atom. The van der Waals surface area contributed by atoms with Crippen LogP contribution in [0.15, 0.2) is 12.1 Å². The summed E-state index contributed by atoms with van der Waals surface area (Å²) in [4.78, 5) is 11.5. The Morgan fingerprint density at radius 1 is 1.47 bits per heavy atom. The molecule has 0 radical (unpaired) electrons. The first-order valence-electron chi connectivity index (χ1n) is 4.53. The molecule has 0 amide bonds. The number of ketones is 1. The second kappa shape index (κ2) is 3.62. The number of Topliss-reactive ketones (excluding diaryl/α,β-unsaturated/α-hetero) is 1. The minimum absolute atomic E-state index is 0.111. The molecule has 0 saturated heterocycles. The number of hydrogen-bond acceptors (Lipinski definition) is 4. The van der Waals surface area contributed by atoms with Crippen molar-refractivity contribution in [1.29, 1.82) is 5.26 Å². The van der Waals surface area contributed by atoms with Crippen LogP contribution in [0.1, 0.15) is 22.3 Å². The van der Waals surface area contributed by atoms with Crippen molar-refractivity contribution in [2.24, 2.45) is 0 Å². The van der Waals surface area contributed by atoms with Gasteiger partial charge in [0.25, 0.3) is 0 Å². The van der Waals surface area contributed by atoms with Gasteiger partial charge in [-0.15, -0.1) is 0 Å². The minimum Gasteiger partial charge on any atom is -0.454 e. The molecule has 4 heteroatoms.